The highest BCUT2D eigenvalue weighted by molar-refractivity contribution is 9.10. The molecular weight excluding hydrogens is 608 g/mol. The maximum atomic E-state index is 13.0. The molecule has 1 aliphatic rings. The first-order valence-corrected chi connectivity index (χ1v) is 13.3. The number of nitrogen functional groups attached to an aromatic ring is 2. The molecule has 12 nitrogen and oxygen atoms in total. The zero-order valence-corrected chi connectivity index (χ0v) is 23.1. The Bertz CT molecular complexity index is 1450. The van der Waals surface area contributed by atoms with Crippen molar-refractivity contribution in [3.05, 3.63) is 68.1 Å². The number of nitrogens with one attached hydrogen (secondary N) is 7. The molecule has 4 aromatic heterocycles. The number of aryl methyl sites for hydroxylation is 1. The number of carbonyl (C=O) groups excluding carboxylic acids is 2. The Morgan fingerprint density at radius 1 is 1.11 bits per heavy atom. The number of imidazole rings is 2. The number of hydrogen-bond donors (Lipinski definition) is 7. The normalized spacial score (nSPS) is 18.9. The van der Waals surface area contributed by atoms with Crippen molar-refractivity contribution in [2.75, 3.05) is 24.6 Å². The van der Waals surface area contributed by atoms with E-state index in [1.807, 2.05) is 19.4 Å². The van der Waals surface area contributed by atoms with E-state index in [0.29, 0.717) is 42.8 Å². The first-order chi connectivity index (χ1) is 17.7. The molecule has 14 heteroatoms. The van der Waals surface area contributed by atoms with Crippen LogP contribution in [0.4, 0.5) is 11.9 Å². The number of halogens is 2. The molecule has 3 atom stereocenters. The molecule has 11 N–H and O–H groups in total. The van der Waals surface area contributed by atoms with Crippen LogP contribution in [0.1, 0.15) is 44.0 Å². The third kappa shape index (κ3) is 5.16. The van der Waals surface area contributed by atoms with Crippen LogP contribution in [-0.2, 0) is 13.5 Å². The van der Waals surface area contributed by atoms with Crippen LogP contribution in [0.15, 0.2) is 39.7 Å². The van der Waals surface area contributed by atoms with Gasteiger partial charge in [0.15, 0.2) is 0 Å². The lowest BCUT2D eigenvalue weighted by atomic mass is 9.71. The SMILES string of the molecule is Cn1cc(Br)cc1C(=O)NCC1Cc2[nH]c(N)[nH+]c2C(c2c[nH+]c(N)[nH]2)[C@@H]1CNC(=O)c1cc(Br)c[nH]1. The van der Waals surface area contributed by atoms with Crippen LogP contribution in [0.3, 0.4) is 0 Å². The number of amides is 2. The van der Waals surface area contributed by atoms with Crippen molar-refractivity contribution in [3.8, 4) is 0 Å². The molecule has 4 heterocycles. The Balaban J connectivity index is 1.44. The van der Waals surface area contributed by atoms with Crippen molar-refractivity contribution in [2.24, 2.45) is 18.9 Å². The summed E-state index contributed by atoms with van der Waals surface area (Å²) in [5.41, 5.74) is 15.8. The van der Waals surface area contributed by atoms with Crippen LogP contribution in [-0.4, -0.2) is 44.4 Å². The highest BCUT2D eigenvalue weighted by Gasteiger charge is 2.44. The van der Waals surface area contributed by atoms with Crippen LogP contribution >= 0.6 is 31.9 Å². The maximum absolute atomic E-state index is 13.0. The molecule has 37 heavy (non-hydrogen) atoms. The van der Waals surface area contributed by atoms with Crippen molar-refractivity contribution >= 4 is 55.6 Å². The smallest absolute Gasteiger partial charge is 0.350 e. The molecular formula is C23H28Br2N10O2+2. The molecule has 0 spiro atoms. The Kier molecular flexibility index (Phi) is 6.86. The monoisotopic (exact) mass is 634 g/mol. The standard InChI is InChI=1S/C23H26Br2N10O2/c1-35-9-12(25)4-17(35)21(37)29-5-10-2-14-19(34-23(27)32-14)18(16-8-31-22(26)33-16)13(10)7-30-20(36)15-3-11(24)6-28-15/h3-4,6,8-10,13,18,28H,2,5,7H2,1H3,(H,29,37)(H,30,36)(H3,26,31,33)(H3,27,32,34)/p+2/t10?,13-,18?/m1/s1. The molecule has 0 saturated heterocycles. The van der Waals surface area contributed by atoms with Crippen LogP contribution in [0.2, 0.25) is 0 Å². The number of carbonyl (C=O) groups is 2. The van der Waals surface area contributed by atoms with Gasteiger partial charge in [-0.1, -0.05) is 0 Å². The first-order valence-electron chi connectivity index (χ1n) is 11.7. The molecule has 2 unspecified atom stereocenters. The fourth-order valence-corrected chi connectivity index (χ4v) is 5.99. The molecule has 4 aromatic rings. The average Bonchev–Trinajstić information content (AvgIpc) is 3.62. The summed E-state index contributed by atoms with van der Waals surface area (Å²) in [6.07, 6.45) is 5.99. The van der Waals surface area contributed by atoms with Crippen LogP contribution in [0.5, 0.6) is 0 Å². The van der Waals surface area contributed by atoms with Gasteiger partial charge in [0.1, 0.15) is 28.5 Å². The number of nitrogens with zero attached hydrogens (tertiary/aromatic N) is 1. The summed E-state index contributed by atoms with van der Waals surface area (Å²) in [6.45, 7) is 0.749. The van der Waals surface area contributed by atoms with Gasteiger partial charge in [0.25, 0.3) is 11.8 Å². The zero-order chi connectivity index (χ0) is 26.3. The van der Waals surface area contributed by atoms with Gasteiger partial charge >= 0.3 is 11.9 Å². The lowest BCUT2D eigenvalue weighted by Gasteiger charge is -2.35. The Hall–Kier alpha value is -3.52. The van der Waals surface area contributed by atoms with Gasteiger partial charge < -0.3 is 20.2 Å². The number of H-pyrrole nitrogens is 5. The van der Waals surface area contributed by atoms with Crippen molar-refractivity contribution in [2.45, 2.75) is 12.3 Å². The van der Waals surface area contributed by atoms with Crippen LogP contribution in [0.25, 0.3) is 0 Å². The van der Waals surface area contributed by atoms with Crippen LogP contribution in [0, 0.1) is 11.8 Å². The van der Waals surface area contributed by atoms with E-state index in [-0.39, 0.29) is 29.6 Å². The van der Waals surface area contributed by atoms with E-state index in [2.05, 4.69) is 67.4 Å². The number of rotatable bonds is 7. The largest absolute Gasteiger partial charge is 0.356 e. The van der Waals surface area contributed by atoms with Gasteiger partial charge in [-0.15, -0.1) is 0 Å². The van der Waals surface area contributed by atoms with Crippen molar-refractivity contribution in [3.63, 3.8) is 0 Å². The number of anilines is 2. The van der Waals surface area contributed by atoms with Crippen molar-refractivity contribution in [1.82, 2.24) is 30.2 Å². The predicted molar refractivity (Wildman–Crippen MR) is 142 cm³/mol. The Morgan fingerprint density at radius 2 is 1.89 bits per heavy atom. The van der Waals surface area contributed by atoms with Gasteiger partial charge in [0.05, 0.1) is 12.1 Å². The average molecular weight is 636 g/mol. The molecule has 0 aliphatic heterocycles. The Morgan fingerprint density at radius 3 is 2.54 bits per heavy atom. The first kappa shape index (κ1) is 25.1. The molecule has 1 aliphatic carbocycles. The van der Waals surface area contributed by atoms with E-state index in [1.54, 1.807) is 22.9 Å². The third-order valence-electron chi connectivity index (χ3n) is 6.81. The fourth-order valence-electron chi connectivity index (χ4n) is 5.12. The zero-order valence-electron chi connectivity index (χ0n) is 19.9. The summed E-state index contributed by atoms with van der Waals surface area (Å²) in [6, 6.07) is 3.50. The molecule has 0 aromatic carbocycles. The lowest BCUT2D eigenvalue weighted by Crippen LogP contribution is -2.45. The summed E-state index contributed by atoms with van der Waals surface area (Å²) in [5.74, 6) is 0.128. The van der Waals surface area contributed by atoms with E-state index < -0.39 is 0 Å². The lowest BCUT2D eigenvalue weighted by molar-refractivity contribution is -0.375. The fraction of sp³-hybridized carbons (Fsp3) is 0.304. The summed E-state index contributed by atoms with van der Waals surface area (Å²) in [5, 5.41) is 6.15. The number of aromatic amines is 5. The summed E-state index contributed by atoms with van der Waals surface area (Å²) >= 11 is 6.78. The minimum atomic E-state index is -0.221. The minimum absolute atomic E-state index is 0.0307. The van der Waals surface area contributed by atoms with E-state index >= 15 is 0 Å². The van der Waals surface area contributed by atoms with E-state index in [1.165, 1.54) is 0 Å². The molecule has 0 saturated carbocycles. The summed E-state index contributed by atoms with van der Waals surface area (Å²) in [7, 11) is 1.82. The minimum Gasteiger partial charge on any atom is -0.356 e. The highest BCUT2D eigenvalue weighted by Crippen LogP contribution is 2.41. The molecule has 5 rings (SSSR count). The highest BCUT2D eigenvalue weighted by atomic mass is 79.9. The van der Waals surface area contributed by atoms with Gasteiger partial charge in [0, 0.05) is 47.9 Å². The topological polar surface area (TPSA) is 191 Å². The predicted octanol–water partition coefficient (Wildman–Crippen LogP) is 1.11. The second-order valence-corrected chi connectivity index (χ2v) is 11.1. The molecule has 0 radical (unpaired) electrons. The Labute approximate surface area is 228 Å². The molecule has 0 bridgehead atoms. The van der Waals surface area contributed by atoms with Crippen LogP contribution < -0.4 is 32.1 Å². The van der Waals surface area contributed by atoms with E-state index in [0.717, 1.165) is 26.0 Å². The van der Waals surface area contributed by atoms with E-state index in [9.17, 15) is 9.59 Å². The van der Waals surface area contributed by atoms with Crippen molar-refractivity contribution < 1.29 is 19.6 Å². The quantitative estimate of drug-likeness (QED) is 0.160. The number of aromatic nitrogens is 6. The molecule has 0 fully saturated rings. The van der Waals surface area contributed by atoms with Gasteiger partial charge in [-0.3, -0.25) is 21.1 Å². The van der Waals surface area contributed by atoms with Gasteiger partial charge in [-0.2, -0.15) is 0 Å². The second kappa shape index (κ2) is 10.1. The molecule has 2 amide bonds. The summed E-state index contributed by atoms with van der Waals surface area (Å²) in [4.78, 5) is 41.5. The second-order valence-electron chi connectivity index (χ2n) is 9.25. The number of nitrogens with two attached hydrogens (primary N) is 2. The van der Waals surface area contributed by atoms with E-state index in [4.69, 9.17) is 11.5 Å². The number of fused-ring (bicyclic) bond motifs is 1. The maximum Gasteiger partial charge on any atom is 0.350 e. The van der Waals surface area contributed by atoms with Gasteiger partial charge in [0.2, 0.25) is 0 Å². The van der Waals surface area contributed by atoms with Gasteiger partial charge in [-0.25, -0.2) is 19.9 Å². The molecule has 194 valence electrons. The van der Waals surface area contributed by atoms with Gasteiger partial charge in [-0.05, 0) is 55.8 Å². The van der Waals surface area contributed by atoms with Crippen molar-refractivity contribution in [1.29, 1.82) is 0 Å². The summed E-state index contributed by atoms with van der Waals surface area (Å²) < 4.78 is 3.39. The number of hydrogen-bond acceptors (Lipinski definition) is 4. The third-order valence-corrected chi connectivity index (χ3v) is 7.70.